The molecule has 10 rings (SSSR count). The molecule has 0 N–H and O–H groups in total. The second kappa shape index (κ2) is 14.8. The zero-order valence-electron chi connectivity index (χ0n) is 32.2. The van der Waals surface area contributed by atoms with E-state index >= 15 is 0 Å². The fourth-order valence-electron chi connectivity index (χ4n) is 9.46. The van der Waals surface area contributed by atoms with Gasteiger partial charge in [0, 0.05) is 35.2 Å². The molecule has 3 atom stereocenters. The Morgan fingerprint density at radius 1 is 0.561 bits per heavy atom. The lowest BCUT2D eigenvalue weighted by Gasteiger charge is -2.43. The molecule has 4 aromatic carbocycles. The van der Waals surface area contributed by atoms with Crippen LogP contribution in [0, 0.1) is 11.3 Å². The molecule has 2 nitrogen and oxygen atoms in total. The van der Waals surface area contributed by atoms with E-state index in [0.717, 1.165) is 36.2 Å². The van der Waals surface area contributed by atoms with Crippen molar-refractivity contribution in [2.24, 2.45) is 11.3 Å². The van der Waals surface area contributed by atoms with Gasteiger partial charge in [0.05, 0.1) is 11.4 Å². The van der Waals surface area contributed by atoms with Gasteiger partial charge in [-0.15, -0.1) is 0 Å². The van der Waals surface area contributed by atoms with E-state index in [1.54, 1.807) is 0 Å². The summed E-state index contributed by atoms with van der Waals surface area (Å²) in [6, 6.07) is 48.6. The molecular weight excluding hydrogens is 689 g/mol. The highest BCUT2D eigenvalue weighted by atomic mass is 14.7. The van der Waals surface area contributed by atoms with Crippen molar-refractivity contribution in [1.29, 1.82) is 0 Å². The molecule has 274 valence electrons. The highest BCUT2D eigenvalue weighted by Crippen LogP contribution is 2.57. The molecule has 0 saturated carbocycles. The Labute approximate surface area is 336 Å². The van der Waals surface area contributed by atoms with Gasteiger partial charge in [-0.05, 0) is 135 Å². The van der Waals surface area contributed by atoms with Crippen molar-refractivity contribution >= 4 is 22.3 Å². The Morgan fingerprint density at radius 3 is 2.07 bits per heavy atom. The smallest absolute Gasteiger partial charge is 0.0702 e. The number of pyridine rings is 2. The minimum absolute atomic E-state index is 0.128. The zero-order chi connectivity index (χ0) is 38.2. The predicted octanol–water partition coefficient (Wildman–Crippen LogP) is 13.8. The maximum absolute atomic E-state index is 4.78. The molecule has 4 aliphatic rings. The highest BCUT2D eigenvalue weighted by Gasteiger charge is 2.42. The fourth-order valence-corrected chi connectivity index (χ4v) is 9.46. The molecule has 57 heavy (non-hydrogen) atoms. The van der Waals surface area contributed by atoms with E-state index in [-0.39, 0.29) is 17.3 Å². The van der Waals surface area contributed by atoms with E-state index in [1.165, 1.54) is 66.8 Å². The Balaban J connectivity index is 1.19. The Kier molecular flexibility index (Phi) is 9.03. The molecule has 0 radical (unpaired) electrons. The number of benzene rings is 4. The molecule has 6 aromatic rings. The largest absolute Gasteiger partial charge is 0.256 e. The average molecular weight is 733 g/mol. The van der Waals surface area contributed by atoms with Crippen LogP contribution in [0.1, 0.15) is 65.6 Å². The van der Waals surface area contributed by atoms with E-state index in [4.69, 9.17) is 9.97 Å². The standard InChI is InChI=1S/C55H44N2/c1-55(29-15-22-43(37-55)52-26-11-13-31-57-52)54-49-24-9-8-23-47(49)53(42-21-14-20-41(32-42)51-25-10-12-30-56-51)48-28-27-40(36-50(48)54)46-34-44(38-16-4-2-5-17-38)33-45(35-46)39-18-6-3-7-19-39/h2,4-6,8-28,30-37,48,53H,3,7,29H2,1H3. The first-order valence-corrected chi connectivity index (χ1v) is 20.3. The van der Waals surface area contributed by atoms with Crippen molar-refractivity contribution in [2.45, 2.75) is 32.1 Å². The van der Waals surface area contributed by atoms with Gasteiger partial charge < -0.3 is 0 Å². The molecule has 2 heterocycles. The van der Waals surface area contributed by atoms with E-state index in [2.05, 4.69) is 183 Å². The third-order valence-corrected chi connectivity index (χ3v) is 12.1. The van der Waals surface area contributed by atoms with Crippen LogP contribution in [0.5, 0.6) is 0 Å². The van der Waals surface area contributed by atoms with Gasteiger partial charge in [0.2, 0.25) is 0 Å². The van der Waals surface area contributed by atoms with Gasteiger partial charge in [-0.2, -0.15) is 0 Å². The lowest BCUT2D eigenvalue weighted by atomic mass is 9.60. The number of nitrogens with zero attached hydrogens (tertiary/aromatic N) is 2. The average Bonchev–Trinajstić information content (AvgIpc) is 3.29. The SMILES string of the molecule is CC1(C2=C3C=C(c4cc(C5=CCCC=C5)cc(-c5ccccc5)c4)C=CC3C(c3cccc(-c4ccccn4)c3)c3ccccc32)C=C(c2ccccn2)C=CC1. The van der Waals surface area contributed by atoms with Crippen molar-refractivity contribution in [3.63, 3.8) is 0 Å². The summed E-state index contributed by atoms with van der Waals surface area (Å²) in [5.74, 6) is 0.260. The molecular formula is C55H44N2. The molecule has 0 spiro atoms. The first-order valence-electron chi connectivity index (χ1n) is 20.3. The molecule has 0 aliphatic heterocycles. The number of rotatable bonds is 7. The van der Waals surface area contributed by atoms with E-state index < -0.39 is 0 Å². The number of fused-ring (bicyclic) bond motifs is 2. The normalized spacial score (nSPS) is 21.0. The number of hydrogen-bond donors (Lipinski definition) is 0. The van der Waals surface area contributed by atoms with E-state index in [0.29, 0.717) is 0 Å². The third kappa shape index (κ3) is 6.62. The van der Waals surface area contributed by atoms with Crippen LogP contribution in [0.2, 0.25) is 0 Å². The summed E-state index contributed by atoms with van der Waals surface area (Å²) in [5.41, 5.74) is 18.3. The van der Waals surface area contributed by atoms with Crippen LogP contribution in [0.3, 0.4) is 0 Å². The van der Waals surface area contributed by atoms with Gasteiger partial charge in [0.15, 0.2) is 0 Å². The molecule has 4 aliphatic carbocycles. The van der Waals surface area contributed by atoms with Crippen LogP contribution in [0.4, 0.5) is 0 Å². The molecule has 0 fully saturated rings. The molecule has 0 saturated heterocycles. The van der Waals surface area contributed by atoms with Crippen LogP contribution in [-0.2, 0) is 0 Å². The Morgan fingerprint density at radius 2 is 1.28 bits per heavy atom. The maximum atomic E-state index is 4.78. The predicted molar refractivity (Wildman–Crippen MR) is 238 cm³/mol. The quantitative estimate of drug-likeness (QED) is 0.163. The molecule has 0 amide bonds. The van der Waals surface area contributed by atoms with Gasteiger partial charge in [-0.3, -0.25) is 9.97 Å². The number of allylic oxidation sites excluding steroid dienone is 14. The molecule has 0 bridgehead atoms. The van der Waals surface area contributed by atoms with Gasteiger partial charge in [-0.1, -0.05) is 147 Å². The third-order valence-electron chi connectivity index (χ3n) is 12.1. The summed E-state index contributed by atoms with van der Waals surface area (Å²) in [6.45, 7) is 2.43. The van der Waals surface area contributed by atoms with Crippen LogP contribution in [0.25, 0.3) is 44.7 Å². The first kappa shape index (κ1) is 34.8. The minimum atomic E-state index is -0.270. The van der Waals surface area contributed by atoms with Crippen LogP contribution in [0.15, 0.2) is 206 Å². The van der Waals surface area contributed by atoms with Crippen LogP contribution < -0.4 is 0 Å². The van der Waals surface area contributed by atoms with Crippen molar-refractivity contribution in [1.82, 2.24) is 9.97 Å². The molecule has 2 heteroatoms. The molecule has 2 aromatic heterocycles. The van der Waals surface area contributed by atoms with Gasteiger partial charge in [0.25, 0.3) is 0 Å². The zero-order valence-corrected chi connectivity index (χ0v) is 32.2. The monoisotopic (exact) mass is 732 g/mol. The highest BCUT2D eigenvalue weighted by molar-refractivity contribution is 5.92. The summed E-state index contributed by atoms with van der Waals surface area (Å²) in [5, 5.41) is 0. The van der Waals surface area contributed by atoms with Gasteiger partial charge in [-0.25, -0.2) is 0 Å². The summed E-state index contributed by atoms with van der Waals surface area (Å²) < 4.78 is 0. The topological polar surface area (TPSA) is 25.8 Å². The van der Waals surface area contributed by atoms with Crippen molar-refractivity contribution in [2.75, 3.05) is 0 Å². The Hall–Kier alpha value is -6.64. The first-order chi connectivity index (χ1) is 28.1. The fraction of sp³-hybridized carbons (Fsp3) is 0.127. The lowest BCUT2D eigenvalue weighted by molar-refractivity contribution is 0.552. The van der Waals surface area contributed by atoms with Crippen molar-refractivity contribution in [3.05, 3.63) is 240 Å². The lowest BCUT2D eigenvalue weighted by Crippen LogP contribution is -2.29. The van der Waals surface area contributed by atoms with Gasteiger partial charge in [0.1, 0.15) is 0 Å². The molecule has 3 unspecified atom stereocenters. The summed E-state index contributed by atoms with van der Waals surface area (Å²) in [7, 11) is 0. The minimum Gasteiger partial charge on any atom is -0.256 e. The van der Waals surface area contributed by atoms with Crippen LogP contribution in [-0.4, -0.2) is 9.97 Å². The van der Waals surface area contributed by atoms with Crippen molar-refractivity contribution < 1.29 is 0 Å². The van der Waals surface area contributed by atoms with E-state index in [1.807, 2.05) is 24.5 Å². The maximum Gasteiger partial charge on any atom is 0.0702 e. The van der Waals surface area contributed by atoms with Gasteiger partial charge >= 0.3 is 0 Å². The van der Waals surface area contributed by atoms with Crippen LogP contribution >= 0.6 is 0 Å². The second-order valence-electron chi connectivity index (χ2n) is 15.9. The van der Waals surface area contributed by atoms with Crippen molar-refractivity contribution in [3.8, 4) is 22.4 Å². The summed E-state index contributed by atoms with van der Waals surface area (Å²) in [4.78, 5) is 9.51. The van der Waals surface area contributed by atoms with E-state index in [9.17, 15) is 0 Å². The Bertz CT molecular complexity index is 2710. The summed E-state index contributed by atoms with van der Waals surface area (Å²) in [6.07, 6.45) is 28.3. The number of hydrogen-bond acceptors (Lipinski definition) is 2. The second-order valence-corrected chi connectivity index (χ2v) is 15.9. The number of aromatic nitrogens is 2. The summed E-state index contributed by atoms with van der Waals surface area (Å²) >= 11 is 0.